The van der Waals surface area contributed by atoms with Gasteiger partial charge in [-0.25, -0.2) is 0 Å². The van der Waals surface area contributed by atoms with Crippen molar-refractivity contribution in [3.8, 4) is 11.8 Å². The maximum Gasteiger partial charge on any atom is 0.156 e. The van der Waals surface area contributed by atoms with Crippen molar-refractivity contribution < 1.29 is 15.0 Å². The van der Waals surface area contributed by atoms with Gasteiger partial charge in [-0.1, -0.05) is 17.4 Å². The Bertz CT molecular complexity index is 675. The lowest BCUT2D eigenvalue weighted by molar-refractivity contribution is -0.114. The molecule has 0 saturated heterocycles. The Kier molecular flexibility index (Phi) is 4.14. The van der Waals surface area contributed by atoms with Crippen molar-refractivity contribution in [1.82, 2.24) is 0 Å². The lowest BCUT2D eigenvalue weighted by Gasteiger charge is -2.49. The summed E-state index contributed by atoms with van der Waals surface area (Å²) in [6.07, 6.45) is 9.81. The quantitative estimate of drug-likeness (QED) is 0.729. The summed E-state index contributed by atoms with van der Waals surface area (Å²) in [7, 11) is 0. The highest BCUT2D eigenvalue weighted by atomic mass is 16.3. The number of aliphatic hydroxyl groups is 2. The van der Waals surface area contributed by atoms with Gasteiger partial charge in [0, 0.05) is 17.8 Å². The Morgan fingerprint density at radius 2 is 2.00 bits per heavy atom. The van der Waals surface area contributed by atoms with E-state index in [1.807, 2.05) is 6.08 Å². The van der Waals surface area contributed by atoms with E-state index in [2.05, 4.69) is 11.8 Å². The molecular formula is C21H26O3. The standard InChI is InChI=1S/C21H26O3/c22-11-1-2-15-4-8-20-19-6-3-14-12-16(24)5-7-17(14)18(19)9-10-21(15,20)13-23/h12,15,19-20,22-23H,3-11,13H2/t15-,19-,20+,21+/m1/s1. The third-order valence-electron chi connectivity index (χ3n) is 7.10. The van der Waals surface area contributed by atoms with E-state index in [0.717, 1.165) is 44.9 Å². The molecular weight excluding hydrogens is 300 g/mol. The molecule has 128 valence electrons. The molecule has 4 atom stereocenters. The molecule has 0 aromatic carbocycles. The van der Waals surface area contributed by atoms with Crippen LogP contribution in [0.25, 0.3) is 0 Å². The number of rotatable bonds is 1. The van der Waals surface area contributed by atoms with Crippen LogP contribution in [-0.2, 0) is 4.79 Å². The first-order chi connectivity index (χ1) is 11.7. The van der Waals surface area contributed by atoms with Gasteiger partial charge in [0.25, 0.3) is 0 Å². The van der Waals surface area contributed by atoms with Crippen LogP contribution in [0.4, 0.5) is 0 Å². The van der Waals surface area contributed by atoms with E-state index < -0.39 is 0 Å². The fourth-order valence-electron chi connectivity index (χ4n) is 6.04. The van der Waals surface area contributed by atoms with E-state index in [4.69, 9.17) is 5.11 Å². The van der Waals surface area contributed by atoms with E-state index in [1.165, 1.54) is 11.1 Å². The van der Waals surface area contributed by atoms with Crippen LogP contribution in [0, 0.1) is 35.0 Å². The number of hydrogen-bond donors (Lipinski definition) is 2. The predicted molar refractivity (Wildman–Crippen MR) is 91.9 cm³/mol. The van der Waals surface area contributed by atoms with Crippen LogP contribution in [-0.4, -0.2) is 29.2 Å². The summed E-state index contributed by atoms with van der Waals surface area (Å²) in [5.41, 5.74) is 4.28. The lowest BCUT2D eigenvalue weighted by atomic mass is 9.55. The Labute approximate surface area is 143 Å². The van der Waals surface area contributed by atoms with Gasteiger partial charge in [-0.2, -0.15) is 0 Å². The fourth-order valence-corrected chi connectivity index (χ4v) is 6.04. The molecule has 0 aromatic rings. The maximum atomic E-state index is 11.7. The van der Waals surface area contributed by atoms with Crippen molar-refractivity contribution in [2.45, 2.75) is 51.4 Å². The van der Waals surface area contributed by atoms with Crippen LogP contribution in [0.1, 0.15) is 51.4 Å². The molecule has 2 fully saturated rings. The maximum absolute atomic E-state index is 11.7. The smallest absolute Gasteiger partial charge is 0.156 e. The minimum absolute atomic E-state index is 0.0808. The summed E-state index contributed by atoms with van der Waals surface area (Å²) in [6.45, 7) is 0.117. The minimum Gasteiger partial charge on any atom is -0.396 e. The number of carbonyl (C=O) groups is 1. The van der Waals surface area contributed by atoms with Crippen LogP contribution in [0.2, 0.25) is 0 Å². The Hall–Kier alpha value is -1.37. The first-order valence-electron chi connectivity index (χ1n) is 9.35. The number of carbonyl (C=O) groups excluding carboxylic acids is 1. The Balaban J connectivity index is 1.70. The van der Waals surface area contributed by atoms with Crippen molar-refractivity contribution in [1.29, 1.82) is 0 Å². The topological polar surface area (TPSA) is 57.5 Å². The van der Waals surface area contributed by atoms with E-state index in [-0.39, 0.29) is 30.3 Å². The first kappa shape index (κ1) is 16.1. The van der Waals surface area contributed by atoms with Crippen molar-refractivity contribution >= 4 is 5.78 Å². The minimum atomic E-state index is -0.0937. The normalized spacial score (nSPS) is 37.8. The van der Waals surface area contributed by atoms with Crippen molar-refractivity contribution in [2.24, 2.45) is 23.2 Å². The lowest BCUT2D eigenvalue weighted by Crippen LogP contribution is -2.44. The summed E-state index contributed by atoms with van der Waals surface area (Å²) in [5, 5.41) is 19.3. The molecule has 0 heterocycles. The van der Waals surface area contributed by atoms with Gasteiger partial charge in [0.05, 0.1) is 6.61 Å². The highest BCUT2D eigenvalue weighted by Crippen LogP contribution is 2.61. The zero-order valence-corrected chi connectivity index (χ0v) is 14.2. The molecule has 4 rings (SSSR count). The molecule has 0 bridgehead atoms. The fraction of sp³-hybridized carbons (Fsp3) is 0.667. The summed E-state index contributed by atoms with van der Waals surface area (Å²) < 4.78 is 0. The predicted octanol–water partition coefficient (Wildman–Crippen LogP) is 2.78. The number of aliphatic hydroxyl groups excluding tert-OH is 2. The van der Waals surface area contributed by atoms with Gasteiger partial charge >= 0.3 is 0 Å². The highest BCUT2D eigenvalue weighted by Gasteiger charge is 2.55. The van der Waals surface area contributed by atoms with E-state index in [1.54, 1.807) is 5.57 Å². The summed E-state index contributed by atoms with van der Waals surface area (Å²) in [6, 6.07) is 0. The van der Waals surface area contributed by atoms with Crippen LogP contribution >= 0.6 is 0 Å². The van der Waals surface area contributed by atoms with Gasteiger partial charge in [0.15, 0.2) is 5.78 Å². The third kappa shape index (κ3) is 2.31. The Morgan fingerprint density at radius 1 is 1.12 bits per heavy atom. The third-order valence-corrected chi connectivity index (χ3v) is 7.10. The van der Waals surface area contributed by atoms with Gasteiger partial charge in [-0.05, 0) is 74.0 Å². The second-order valence-corrected chi connectivity index (χ2v) is 7.89. The van der Waals surface area contributed by atoms with E-state index >= 15 is 0 Å². The molecule has 3 heteroatoms. The average Bonchev–Trinajstić information content (AvgIpc) is 2.98. The molecule has 0 aliphatic heterocycles. The zero-order valence-electron chi connectivity index (χ0n) is 14.2. The summed E-state index contributed by atoms with van der Waals surface area (Å²) in [4.78, 5) is 11.7. The molecule has 24 heavy (non-hydrogen) atoms. The van der Waals surface area contributed by atoms with Crippen molar-refractivity contribution in [2.75, 3.05) is 13.2 Å². The second-order valence-electron chi connectivity index (χ2n) is 7.89. The Morgan fingerprint density at radius 3 is 2.79 bits per heavy atom. The molecule has 0 unspecified atom stereocenters. The molecule has 2 saturated carbocycles. The van der Waals surface area contributed by atoms with Gasteiger partial charge < -0.3 is 10.2 Å². The molecule has 0 spiro atoms. The van der Waals surface area contributed by atoms with Crippen LogP contribution < -0.4 is 0 Å². The summed E-state index contributed by atoms with van der Waals surface area (Å²) in [5.74, 6) is 7.66. The molecule has 0 amide bonds. The number of fused-ring (bicyclic) bond motifs is 4. The molecule has 0 radical (unpaired) electrons. The van der Waals surface area contributed by atoms with E-state index in [9.17, 15) is 9.90 Å². The number of ketones is 1. The number of hydrogen-bond acceptors (Lipinski definition) is 3. The average molecular weight is 326 g/mol. The summed E-state index contributed by atoms with van der Waals surface area (Å²) >= 11 is 0. The van der Waals surface area contributed by atoms with E-state index in [0.29, 0.717) is 18.3 Å². The van der Waals surface area contributed by atoms with Crippen LogP contribution in [0.15, 0.2) is 22.8 Å². The molecule has 3 nitrogen and oxygen atoms in total. The van der Waals surface area contributed by atoms with Gasteiger partial charge in [0.2, 0.25) is 0 Å². The molecule has 2 N–H and O–H groups in total. The first-order valence-corrected chi connectivity index (χ1v) is 9.35. The molecule has 0 aromatic heterocycles. The van der Waals surface area contributed by atoms with Gasteiger partial charge in [-0.15, -0.1) is 0 Å². The molecule has 4 aliphatic rings. The monoisotopic (exact) mass is 326 g/mol. The number of allylic oxidation sites excluding steroid dienone is 4. The van der Waals surface area contributed by atoms with Crippen LogP contribution in [0.3, 0.4) is 0 Å². The van der Waals surface area contributed by atoms with Gasteiger partial charge in [0.1, 0.15) is 6.61 Å². The second kappa shape index (κ2) is 6.17. The van der Waals surface area contributed by atoms with Crippen LogP contribution in [0.5, 0.6) is 0 Å². The SMILES string of the molecule is O=C1C=C2CC[C@@H]3C(=C2CC1)CC[C@]1(CO)[C@H](C#CCO)CC[C@@H]31. The van der Waals surface area contributed by atoms with Crippen molar-refractivity contribution in [3.63, 3.8) is 0 Å². The molecule has 4 aliphatic carbocycles. The largest absolute Gasteiger partial charge is 0.396 e. The zero-order chi connectivity index (χ0) is 16.7. The van der Waals surface area contributed by atoms with Crippen molar-refractivity contribution in [3.05, 3.63) is 22.8 Å². The van der Waals surface area contributed by atoms with Gasteiger partial charge in [-0.3, -0.25) is 4.79 Å². The highest BCUT2D eigenvalue weighted by molar-refractivity contribution is 5.93.